The Morgan fingerprint density at radius 3 is 2.23 bits per heavy atom. The van der Waals surface area contributed by atoms with Crippen molar-refractivity contribution in [3.63, 3.8) is 0 Å². The van der Waals surface area contributed by atoms with Gasteiger partial charge in [0.2, 0.25) is 5.91 Å². The summed E-state index contributed by atoms with van der Waals surface area (Å²) in [6.45, 7) is 0.122. The molecule has 31 heavy (non-hydrogen) atoms. The van der Waals surface area contributed by atoms with Crippen molar-refractivity contribution in [2.24, 2.45) is 11.8 Å². The summed E-state index contributed by atoms with van der Waals surface area (Å²) in [7, 11) is 0. The summed E-state index contributed by atoms with van der Waals surface area (Å²) in [6, 6.07) is 0.338. The van der Waals surface area contributed by atoms with Gasteiger partial charge in [-0.25, -0.2) is 22.4 Å². The van der Waals surface area contributed by atoms with Crippen LogP contribution in [0, 0.1) is 23.5 Å². The second-order valence-electron chi connectivity index (χ2n) is 8.39. The normalized spacial score (nSPS) is 26.4. The van der Waals surface area contributed by atoms with Gasteiger partial charge in [0, 0.05) is 31.3 Å². The molecule has 5 nitrogen and oxygen atoms in total. The van der Waals surface area contributed by atoms with E-state index in [1.54, 1.807) is 0 Å². The number of nitrogens with one attached hydrogen (secondary N) is 1. The molecule has 0 atom stereocenters. The minimum Gasteiger partial charge on any atom is -0.447 e. The number of carbonyl (C=O) groups excluding carboxylic acids is 2. The van der Waals surface area contributed by atoms with Gasteiger partial charge in [-0.1, -0.05) is 0 Å². The second-order valence-corrected chi connectivity index (χ2v) is 8.39. The number of alkyl halides is 5. The largest absolute Gasteiger partial charge is 0.447 e. The molecule has 0 radical (unpaired) electrons. The zero-order valence-corrected chi connectivity index (χ0v) is 15.9. The van der Waals surface area contributed by atoms with Crippen LogP contribution in [-0.4, -0.2) is 42.1 Å². The predicted octanol–water partition coefficient (Wildman–Crippen LogP) is 3.81. The zero-order chi connectivity index (χ0) is 22.8. The molecule has 1 spiro atoms. The van der Waals surface area contributed by atoms with E-state index in [9.17, 15) is 40.3 Å². The molecule has 1 N–H and O–H groups in total. The number of hydrogen-bond acceptors (Lipinski definition) is 3. The van der Waals surface area contributed by atoms with Crippen molar-refractivity contribution in [3.05, 3.63) is 34.9 Å². The highest BCUT2D eigenvalue weighted by molar-refractivity contribution is 5.82. The van der Waals surface area contributed by atoms with E-state index in [1.165, 1.54) is 4.90 Å². The van der Waals surface area contributed by atoms with Gasteiger partial charge in [0.15, 0.2) is 11.6 Å². The maximum absolute atomic E-state index is 14.5. The third-order valence-corrected chi connectivity index (χ3v) is 6.07. The van der Waals surface area contributed by atoms with Crippen molar-refractivity contribution in [3.8, 4) is 0 Å². The highest BCUT2D eigenvalue weighted by atomic mass is 19.4. The first-order chi connectivity index (χ1) is 14.3. The lowest BCUT2D eigenvalue weighted by atomic mass is 9.68. The van der Waals surface area contributed by atoms with Crippen LogP contribution in [0.1, 0.15) is 30.4 Å². The first kappa shape index (κ1) is 21.7. The number of rotatable bonds is 4. The fourth-order valence-corrected chi connectivity index (χ4v) is 4.43. The summed E-state index contributed by atoms with van der Waals surface area (Å²) < 4.78 is 99.1. The Morgan fingerprint density at radius 1 is 1.10 bits per heavy atom. The van der Waals surface area contributed by atoms with Gasteiger partial charge in [-0.2, -0.15) is 13.2 Å². The Kier molecular flexibility index (Phi) is 4.89. The van der Waals surface area contributed by atoms with Crippen molar-refractivity contribution in [2.75, 3.05) is 19.7 Å². The summed E-state index contributed by atoms with van der Waals surface area (Å²) in [4.78, 5) is 24.9. The van der Waals surface area contributed by atoms with Crippen LogP contribution in [0.15, 0.2) is 12.1 Å². The molecule has 1 saturated carbocycles. The molecular formula is C19H17F7N2O3. The number of hydrogen-bond donors (Lipinski definition) is 1. The van der Waals surface area contributed by atoms with Crippen molar-refractivity contribution < 1.29 is 45.1 Å². The fraction of sp³-hybridized carbons (Fsp3) is 0.579. The number of cyclic esters (lactones) is 1. The molecule has 2 aliphatic heterocycles. The van der Waals surface area contributed by atoms with E-state index in [0.29, 0.717) is 12.8 Å². The zero-order valence-electron chi connectivity index (χ0n) is 15.9. The topological polar surface area (TPSA) is 58.6 Å². The Hall–Kier alpha value is -2.53. The SMILES string of the molecule is O=C1N[C@]2(CO1)C[C@H](C(=O)N1CC(CC(F)(F)c3ccc(C(F)(F)F)c(F)c3F)C1)C2. The van der Waals surface area contributed by atoms with Crippen LogP contribution in [0.3, 0.4) is 0 Å². The van der Waals surface area contributed by atoms with Crippen molar-refractivity contribution >= 4 is 12.0 Å². The maximum Gasteiger partial charge on any atom is 0.419 e. The molecule has 2 heterocycles. The van der Waals surface area contributed by atoms with Gasteiger partial charge in [-0.05, 0) is 25.0 Å². The Morgan fingerprint density at radius 2 is 1.68 bits per heavy atom. The number of ether oxygens (including phenoxy) is 1. The van der Waals surface area contributed by atoms with Crippen molar-refractivity contribution in [2.45, 2.75) is 36.9 Å². The van der Waals surface area contributed by atoms with Crippen molar-refractivity contribution in [1.29, 1.82) is 0 Å². The van der Waals surface area contributed by atoms with Gasteiger partial charge in [0.05, 0.1) is 16.7 Å². The van der Waals surface area contributed by atoms with Gasteiger partial charge < -0.3 is 15.0 Å². The first-order valence-electron chi connectivity index (χ1n) is 9.48. The molecule has 3 fully saturated rings. The van der Waals surface area contributed by atoms with Crippen LogP contribution in [0.4, 0.5) is 35.5 Å². The van der Waals surface area contributed by atoms with Crippen LogP contribution in [-0.2, 0) is 21.6 Å². The van der Waals surface area contributed by atoms with E-state index in [4.69, 9.17) is 4.74 Å². The van der Waals surface area contributed by atoms with E-state index in [1.807, 2.05) is 0 Å². The molecule has 3 aliphatic rings. The van der Waals surface area contributed by atoms with Crippen LogP contribution in [0.25, 0.3) is 0 Å². The molecule has 2 saturated heterocycles. The van der Waals surface area contributed by atoms with Gasteiger partial charge in [-0.3, -0.25) is 4.79 Å². The van der Waals surface area contributed by atoms with Gasteiger partial charge in [-0.15, -0.1) is 0 Å². The lowest BCUT2D eigenvalue weighted by molar-refractivity contribution is -0.150. The van der Waals surface area contributed by atoms with Gasteiger partial charge >= 0.3 is 12.3 Å². The molecule has 0 bridgehead atoms. The minimum atomic E-state index is -5.21. The van der Waals surface area contributed by atoms with E-state index >= 15 is 0 Å². The number of likely N-dealkylation sites (tertiary alicyclic amines) is 1. The standard InChI is InChI=1S/C19H17F7N2O3/c20-13-11(1-2-12(14(13)21)19(24,25)26)18(22,23)3-9-6-28(7-9)15(29)10-4-17(5-10)8-31-16(30)27-17/h1-2,9-10H,3-8H2,(H,27,30)/t10-,17+. The van der Waals surface area contributed by atoms with E-state index < -0.39 is 58.8 Å². The molecular weight excluding hydrogens is 437 g/mol. The minimum absolute atomic E-state index is 0.0223. The van der Waals surface area contributed by atoms with Crippen molar-refractivity contribution in [1.82, 2.24) is 10.2 Å². The second kappa shape index (κ2) is 6.99. The number of carbonyl (C=O) groups is 2. The number of nitrogens with zero attached hydrogens (tertiary/aromatic N) is 1. The quantitative estimate of drug-likeness (QED) is 0.705. The molecule has 12 heteroatoms. The molecule has 1 aliphatic carbocycles. The lowest BCUT2D eigenvalue weighted by Gasteiger charge is -2.48. The summed E-state index contributed by atoms with van der Waals surface area (Å²) in [5.74, 6) is -9.83. The highest BCUT2D eigenvalue weighted by Crippen LogP contribution is 2.44. The van der Waals surface area contributed by atoms with Crippen LogP contribution >= 0.6 is 0 Å². The van der Waals surface area contributed by atoms with Crippen LogP contribution in [0.2, 0.25) is 0 Å². The van der Waals surface area contributed by atoms with Gasteiger partial charge in [0.1, 0.15) is 6.61 Å². The predicted molar refractivity (Wildman–Crippen MR) is 89.9 cm³/mol. The summed E-state index contributed by atoms with van der Waals surface area (Å²) in [5, 5.41) is 2.64. The third kappa shape index (κ3) is 3.80. The lowest BCUT2D eigenvalue weighted by Crippen LogP contribution is -2.61. The first-order valence-corrected chi connectivity index (χ1v) is 9.48. The average Bonchev–Trinajstić information content (AvgIpc) is 2.99. The molecule has 4 rings (SSSR count). The van der Waals surface area contributed by atoms with Crippen LogP contribution < -0.4 is 5.32 Å². The third-order valence-electron chi connectivity index (χ3n) is 6.07. The molecule has 1 aromatic rings. The number of halogens is 7. The molecule has 170 valence electrons. The summed E-state index contributed by atoms with van der Waals surface area (Å²) in [5.41, 5.74) is -3.95. The number of alkyl carbamates (subject to hydrolysis) is 1. The summed E-state index contributed by atoms with van der Waals surface area (Å²) >= 11 is 0. The van der Waals surface area contributed by atoms with E-state index in [2.05, 4.69) is 5.32 Å². The number of amides is 2. The van der Waals surface area contributed by atoms with Gasteiger partial charge in [0.25, 0.3) is 5.92 Å². The Labute approximate surface area is 171 Å². The smallest absolute Gasteiger partial charge is 0.419 e. The maximum atomic E-state index is 14.5. The highest BCUT2D eigenvalue weighted by Gasteiger charge is 2.54. The van der Waals surface area contributed by atoms with Crippen LogP contribution in [0.5, 0.6) is 0 Å². The van der Waals surface area contributed by atoms with E-state index in [-0.39, 0.29) is 43.7 Å². The van der Waals surface area contributed by atoms with E-state index in [0.717, 1.165) is 0 Å². The monoisotopic (exact) mass is 454 g/mol. The molecule has 2 amide bonds. The molecule has 1 aromatic carbocycles. The Balaban J connectivity index is 1.33. The Bertz CT molecular complexity index is 922. The average molecular weight is 454 g/mol. The summed E-state index contributed by atoms with van der Waals surface area (Å²) in [6.07, 6.45) is -5.93. The molecule has 0 aromatic heterocycles. The molecule has 0 unspecified atom stereocenters. The number of benzene rings is 1. The fourth-order valence-electron chi connectivity index (χ4n) is 4.43.